The molecule has 3 N–H and O–H groups in total. The number of carbonyl (C=O) groups is 1. The van der Waals surface area contributed by atoms with Crippen molar-refractivity contribution in [3.8, 4) is 0 Å². The Morgan fingerprint density at radius 2 is 0.953 bits per heavy atom. The summed E-state index contributed by atoms with van der Waals surface area (Å²) >= 11 is 0. The molecule has 0 aliphatic rings. The van der Waals surface area contributed by atoms with Crippen LogP contribution in [-0.4, -0.2) is 73.4 Å². The molecule has 3 atom stereocenters. The van der Waals surface area contributed by atoms with Gasteiger partial charge in [-0.25, -0.2) is 4.57 Å². The van der Waals surface area contributed by atoms with Crippen LogP contribution in [0.4, 0.5) is 0 Å². The molecule has 1 amide bonds. The van der Waals surface area contributed by atoms with E-state index in [2.05, 4.69) is 92.1 Å². The van der Waals surface area contributed by atoms with Gasteiger partial charge in [0.2, 0.25) is 5.91 Å². The highest BCUT2D eigenvalue weighted by Gasteiger charge is 2.27. The van der Waals surface area contributed by atoms with Crippen molar-refractivity contribution in [2.24, 2.45) is 0 Å². The van der Waals surface area contributed by atoms with Gasteiger partial charge in [0.1, 0.15) is 13.2 Å². The summed E-state index contributed by atoms with van der Waals surface area (Å²) in [5, 5.41) is 13.8. The summed E-state index contributed by atoms with van der Waals surface area (Å²) in [4.78, 5) is 23.2. The maximum Gasteiger partial charge on any atom is 0.472 e. The average Bonchev–Trinajstić information content (AvgIpc) is 3.25. The van der Waals surface area contributed by atoms with Crippen LogP contribution in [0.2, 0.25) is 0 Å². The Labute approximate surface area is 395 Å². The molecule has 0 aromatic rings. The maximum absolute atomic E-state index is 12.9. The van der Waals surface area contributed by atoms with E-state index in [1.54, 1.807) is 6.08 Å². The highest BCUT2D eigenvalue weighted by molar-refractivity contribution is 7.47. The molecule has 370 valence electrons. The summed E-state index contributed by atoms with van der Waals surface area (Å²) in [5.41, 5.74) is 0. The molecule has 0 aromatic carbocycles. The lowest BCUT2D eigenvalue weighted by Crippen LogP contribution is -2.45. The molecular formula is C55H100N2O6P+. The fourth-order valence-electron chi connectivity index (χ4n) is 7.00. The second kappa shape index (κ2) is 45.8. The zero-order chi connectivity index (χ0) is 47.1. The van der Waals surface area contributed by atoms with Crippen LogP contribution in [0.1, 0.15) is 206 Å². The van der Waals surface area contributed by atoms with E-state index in [0.717, 1.165) is 83.5 Å². The van der Waals surface area contributed by atoms with Crippen LogP contribution in [0.5, 0.6) is 0 Å². The molecule has 0 aliphatic heterocycles. The first kappa shape index (κ1) is 61.7. The van der Waals surface area contributed by atoms with Crippen molar-refractivity contribution in [2.45, 2.75) is 219 Å². The van der Waals surface area contributed by atoms with Gasteiger partial charge in [-0.2, -0.15) is 0 Å². The highest BCUT2D eigenvalue weighted by atomic mass is 31.2. The number of phosphoric ester groups is 1. The number of carbonyl (C=O) groups excluding carboxylic acids is 1. The number of allylic oxidation sites excluding steroid dienone is 13. The smallest absolute Gasteiger partial charge is 0.387 e. The zero-order valence-electron chi connectivity index (χ0n) is 42.0. The predicted octanol–water partition coefficient (Wildman–Crippen LogP) is 15.3. The number of nitrogens with zero attached hydrogens (tertiary/aromatic N) is 1. The first-order valence-electron chi connectivity index (χ1n) is 26.0. The first-order valence-corrected chi connectivity index (χ1v) is 27.5. The van der Waals surface area contributed by atoms with Crippen LogP contribution in [0.3, 0.4) is 0 Å². The molecule has 8 nitrogen and oxygen atoms in total. The Hall–Kier alpha value is -2.32. The summed E-state index contributed by atoms with van der Waals surface area (Å²) in [5.74, 6) is -0.217. The van der Waals surface area contributed by atoms with Crippen molar-refractivity contribution in [3.05, 3.63) is 85.1 Å². The lowest BCUT2D eigenvalue weighted by atomic mass is 10.0. The number of phosphoric acid groups is 1. The molecule has 0 saturated heterocycles. The second-order valence-electron chi connectivity index (χ2n) is 18.5. The van der Waals surface area contributed by atoms with Crippen LogP contribution in [0, 0.1) is 0 Å². The van der Waals surface area contributed by atoms with E-state index in [1.165, 1.54) is 103 Å². The van der Waals surface area contributed by atoms with Crippen molar-refractivity contribution in [1.82, 2.24) is 5.32 Å². The standard InChI is InChI=1S/C55H99N2O6P/c1-6-8-10-12-14-16-18-20-22-24-25-26-27-28-29-30-31-33-34-36-38-40-42-44-46-48-54(58)53(52-63-64(60,61)62-51-50-57(3,4)5)56-55(59)49-47-45-43-41-39-37-35-32-23-21-19-17-15-13-11-9-7-2/h9,11,15,17,21,23,31,33,35,37-38,40,46,48,53-54,58H,6-8,10,12-14,16,18-20,22,24-30,32,34,36,39,41-45,47,49-52H2,1-5H3,(H-,56,59,60,61)/p+1/b11-9-,17-15-,23-21-,33-31+,37-35-,40-38+,48-46+. The van der Waals surface area contributed by atoms with Crippen molar-refractivity contribution < 1.29 is 32.9 Å². The fraction of sp³-hybridized carbons (Fsp3) is 0.727. The minimum atomic E-state index is -4.37. The third-order valence-corrected chi connectivity index (χ3v) is 12.1. The van der Waals surface area contributed by atoms with Crippen LogP contribution in [0.25, 0.3) is 0 Å². The van der Waals surface area contributed by atoms with Crippen molar-refractivity contribution >= 4 is 13.7 Å². The lowest BCUT2D eigenvalue weighted by molar-refractivity contribution is -0.870. The largest absolute Gasteiger partial charge is 0.472 e. The van der Waals surface area contributed by atoms with Gasteiger partial charge < -0.3 is 19.8 Å². The summed E-state index contributed by atoms with van der Waals surface area (Å²) in [6.07, 6.45) is 63.9. The normalized spacial score (nSPS) is 14.8. The van der Waals surface area contributed by atoms with E-state index in [9.17, 15) is 19.4 Å². The van der Waals surface area contributed by atoms with E-state index >= 15 is 0 Å². The Balaban J connectivity index is 4.41. The monoisotopic (exact) mass is 916 g/mol. The Morgan fingerprint density at radius 3 is 1.44 bits per heavy atom. The van der Waals surface area contributed by atoms with E-state index in [-0.39, 0.29) is 19.1 Å². The molecule has 0 aliphatic carbocycles. The molecule has 9 heteroatoms. The first-order chi connectivity index (χ1) is 31.0. The molecular weight excluding hydrogens is 816 g/mol. The van der Waals surface area contributed by atoms with Gasteiger partial charge in [-0.05, 0) is 83.5 Å². The van der Waals surface area contributed by atoms with Gasteiger partial charge in [0.15, 0.2) is 0 Å². The number of unbranched alkanes of at least 4 members (excludes halogenated alkanes) is 21. The maximum atomic E-state index is 12.9. The number of rotatable bonds is 46. The minimum Gasteiger partial charge on any atom is -0.387 e. The number of hydrogen-bond acceptors (Lipinski definition) is 5. The fourth-order valence-corrected chi connectivity index (χ4v) is 7.74. The van der Waals surface area contributed by atoms with Crippen LogP contribution in [0.15, 0.2) is 85.1 Å². The number of aliphatic hydroxyl groups excluding tert-OH is 1. The molecule has 0 spiro atoms. The molecule has 0 fully saturated rings. The second-order valence-corrected chi connectivity index (χ2v) is 19.9. The predicted molar refractivity (Wildman–Crippen MR) is 276 cm³/mol. The summed E-state index contributed by atoms with van der Waals surface area (Å²) < 4.78 is 23.6. The van der Waals surface area contributed by atoms with Gasteiger partial charge in [0.05, 0.1) is 39.9 Å². The van der Waals surface area contributed by atoms with Crippen molar-refractivity contribution in [3.63, 3.8) is 0 Å². The number of hydrogen-bond donors (Lipinski definition) is 3. The van der Waals surface area contributed by atoms with Crippen molar-refractivity contribution in [2.75, 3.05) is 40.9 Å². The third kappa shape index (κ3) is 47.6. The lowest BCUT2D eigenvalue weighted by Gasteiger charge is -2.25. The van der Waals surface area contributed by atoms with Gasteiger partial charge in [-0.1, -0.05) is 202 Å². The molecule has 0 rings (SSSR count). The molecule has 0 heterocycles. The quantitative estimate of drug-likeness (QED) is 0.0243. The summed E-state index contributed by atoms with van der Waals surface area (Å²) in [7, 11) is 1.52. The third-order valence-electron chi connectivity index (χ3n) is 11.1. The summed E-state index contributed by atoms with van der Waals surface area (Å²) in [6, 6.07) is -0.888. The van der Waals surface area contributed by atoms with E-state index < -0.39 is 20.0 Å². The van der Waals surface area contributed by atoms with Gasteiger partial charge in [0, 0.05) is 6.42 Å². The van der Waals surface area contributed by atoms with Crippen LogP contribution < -0.4 is 5.32 Å². The molecule has 3 unspecified atom stereocenters. The Bertz CT molecular complexity index is 1310. The van der Waals surface area contributed by atoms with Crippen molar-refractivity contribution in [1.29, 1.82) is 0 Å². The van der Waals surface area contributed by atoms with E-state index in [1.807, 2.05) is 27.2 Å². The van der Waals surface area contributed by atoms with Crippen LogP contribution in [-0.2, 0) is 18.4 Å². The number of nitrogens with one attached hydrogen (secondary N) is 1. The summed E-state index contributed by atoms with van der Waals surface area (Å²) in [6.45, 7) is 4.65. The number of likely N-dealkylation sites (N-methyl/N-ethyl adjacent to an activating group) is 1. The van der Waals surface area contributed by atoms with Gasteiger partial charge >= 0.3 is 7.82 Å². The molecule has 0 bridgehead atoms. The Kier molecular flexibility index (Phi) is 44.2. The minimum absolute atomic E-state index is 0.0441. The van der Waals surface area contributed by atoms with E-state index in [0.29, 0.717) is 17.4 Å². The highest BCUT2D eigenvalue weighted by Crippen LogP contribution is 2.43. The zero-order valence-corrected chi connectivity index (χ0v) is 42.9. The number of quaternary nitrogens is 1. The van der Waals surface area contributed by atoms with Gasteiger partial charge in [-0.3, -0.25) is 13.8 Å². The van der Waals surface area contributed by atoms with Gasteiger partial charge in [0.25, 0.3) is 0 Å². The SMILES string of the molecule is CC/C=C\C/C=C\C/C=C\C/C=C\CCCCCCC(=O)NC(COP(=O)(O)OCC[N+](C)(C)C)C(O)/C=C/CC/C=C/CC/C=C/CCCCCCCCCCCCCCCCC. The average molecular weight is 916 g/mol. The topological polar surface area (TPSA) is 105 Å². The molecule has 64 heavy (non-hydrogen) atoms. The van der Waals surface area contributed by atoms with Gasteiger partial charge in [-0.15, -0.1) is 0 Å². The molecule has 0 saturated carbocycles. The molecule has 0 radical (unpaired) electrons. The van der Waals surface area contributed by atoms with Crippen LogP contribution >= 0.6 is 7.82 Å². The number of aliphatic hydroxyl groups is 1. The number of amides is 1. The Morgan fingerprint density at radius 1 is 0.547 bits per heavy atom. The van der Waals surface area contributed by atoms with E-state index in [4.69, 9.17) is 9.05 Å². The molecule has 0 aromatic heterocycles.